The largest absolute Gasteiger partial charge is 0.352 e. The lowest BCUT2D eigenvalue weighted by Crippen LogP contribution is -2.33. The quantitative estimate of drug-likeness (QED) is 0.243. The molecule has 0 aliphatic carbocycles. The summed E-state index contributed by atoms with van der Waals surface area (Å²) < 4.78 is 2.21. The van der Waals surface area contributed by atoms with Gasteiger partial charge in [0.2, 0.25) is 5.91 Å². The van der Waals surface area contributed by atoms with Gasteiger partial charge in [0.05, 0.1) is 29.7 Å². The van der Waals surface area contributed by atoms with E-state index < -0.39 is 0 Å². The van der Waals surface area contributed by atoms with Gasteiger partial charge in [-0.05, 0) is 73.4 Å². The molecule has 0 unspecified atom stereocenters. The molecule has 2 N–H and O–H groups in total. The monoisotopic (exact) mass is 546 g/mol. The zero-order valence-corrected chi connectivity index (χ0v) is 23.2. The number of nitrogens with zero attached hydrogens (tertiary/aromatic N) is 4. The molecular formula is C32H30N6OS. The molecule has 6 rings (SSSR count). The molecule has 1 fully saturated rings. The summed E-state index contributed by atoms with van der Waals surface area (Å²) in [4.78, 5) is 24.3. The standard InChI is InChI=1S/C32H30N6OS/c1-21-19-26(22(2)38(21)24-11-8-16-33-20-24)31-30(28-13-5-6-17-34-28)36-32(40)37(31)18-15-29(39)35-27-14-7-10-23-9-3-4-12-25(23)27/h3-14,16-17,19-20,30-31H,15,18H2,1-2H3,(H,35,39)(H,36,40)/t30-,31-/m0/s1. The van der Waals surface area contributed by atoms with E-state index in [2.05, 4.69) is 56.0 Å². The van der Waals surface area contributed by atoms with E-state index in [1.165, 1.54) is 0 Å². The highest BCUT2D eigenvalue weighted by atomic mass is 32.1. The Balaban J connectivity index is 1.30. The minimum absolute atomic E-state index is 0.0555. The Kier molecular flexibility index (Phi) is 7.00. The third-order valence-electron chi connectivity index (χ3n) is 7.53. The second-order valence-electron chi connectivity index (χ2n) is 10.0. The Morgan fingerprint density at radius 2 is 1.82 bits per heavy atom. The van der Waals surface area contributed by atoms with Gasteiger partial charge < -0.3 is 20.1 Å². The van der Waals surface area contributed by atoms with Gasteiger partial charge >= 0.3 is 0 Å². The molecule has 200 valence electrons. The molecule has 1 aliphatic rings. The van der Waals surface area contributed by atoms with Crippen LogP contribution in [0.1, 0.15) is 41.1 Å². The second kappa shape index (κ2) is 10.9. The fraction of sp³-hybridized carbons (Fsp3) is 0.188. The lowest BCUT2D eigenvalue weighted by molar-refractivity contribution is -0.116. The van der Waals surface area contributed by atoms with E-state index in [9.17, 15) is 4.79 Å². The number of aromatic nitrogens is 3. The summed E-state index contributed by atoms with van der Waals surface area (Å²) in [6.45, 7) is 4.69. The third kappa shape index (κ3) is 4.82. The number of thiocarbonyl (C=S) groups is 1. The van der Waals surface area contributed by atoms with Gasteiger partial charge in [0, 0.05) is 47.8 Å². The Labute approximate surface area is 238 Å². The van der Waals surface area contributed by atoms with Crippen LogP contribution >= 0.6 is 12.2 Å². The molecule has 1 aliphatic heterocycles. The van der Waals surface area contributed by atoms with Crippen LogP contribution in [0.3, 0.4) is 0 Å². The summed E-state index contributed by atoms with van der Waals surface area (Å²) in [6.07, 6.45) is 5.74. The molecule has 0 radical (unpaired) electrons. The molecule has 0 saturated carbocycles. The van der Waals surface area contributed by atoms with Crippen LogP contribution in [0, 0.1) is 13.8 Å². The highest BCUT2D eigenvalue weighted by Crippen LogP contribution is 2.41. The molecule has 2 aromatic carbocycles. The number of aryl methyl sites for hydroxylation is 1. The molecule has 8 heteroatoms. The van der Waals surface area contributed by atoms with Crippen molar-refractivity contribution in [3.05, 3.63) is 120 Å². The Morgan fingerprint density at radius 1 is 1.00 bits per heavy atom. The summed E-state index contributed by atoms with van der Waals surface area (Å²) in [7, 11) is 0. The van der Waals surface area contributed by atoms with Gasteiger partial charge in [-0.3, -0.25) is 14.8 Å². The predicted molar refractivity (Wildman–Crippen MR) is 162 cm³/mol. The average Bonchev–Trinajstić information content (AvgIpc) is 3.47. The van der Waals surface area contributed by atoms with E-state index in [4.69, 9.17) is 12.2 Å². The maximum absolute atomic E-state index is 13.2. The lowest BCUT2D eigenvalue weighted by atomic mass is 9.96. The van der Waals surface area contributed by atoms with Crippen molar-refractivity contribution in [2.75, 3.05) is 11.9 Å². The maximum Gasteiger partial charge on any atom is 0.226 e. The minimum Gasteiger partial charge on any atom is -0.352 e. The van der Waals surface area contributed by atoms with Crippen molar-refractivity contribution < 1.29 is 4.79 Å². The summed E-state index contributed by atoms with van der Waals surface area (Å²) in [5.74, 6) is -0.0555. The molecule has 7 nitrogen and oxygen atoms in total. The van der Waals surface area contributed by atoms with Crippen molar-refractivity contribution in [2.45, 2.75) is 32.4 Å². The average molecular weight is 547 g/mol. The van der Waals surface area contributed by atoms with Gasteiger partial charge in [-0.15, -0.1) is 0 Å². The first-order valence-corrected chi connectivity index (χ1v) is 13.8. The fourth-order valence-electron chi connectivity index (χ4n) is 5.72. The lowest BCUT2D eigenvalue weighted by Gasteiger charge is -2.28. The van der Waals surface area contributed by atoms with E-state index in [1.54, 1.807) is 12.4 Å². The fourth-order valence-corrected chi connectivity index (χ4v) is 6.06. The van der Waals surface area contributed by atoms with Crippen LogP contribution < -0.4 is 10.6 Å². The Bertz CT molecular complexity index is 1680. The molecule has 2 atom stereocenters. The SMILES string of the molecule is Cc1cc([C@H]2[C@H](c3ccccn3)NC(=S)N2CCC(=O)Nc2cccc3ccccc23)c(C)n1-c1cccnc1. The number of benzene rings is 2. The van der Waals surface area contributed by atoms with Crippen LogP contribution in [0.5, 0.6) is 0 Å². The Hall–Kier alpha value is -4.56. The van der Waals surface area contributed by atoms with Crippen molar-refractivity contribution in [2.24, 2.45) is 0 Å². The zero-order chi connectivity index (χ0) is 27.6. The number of rotatable bonds is 7. The number of hydrogen-bond acceptors (Lipinski definition) is 4. The number of carbonyl (C=O) groups is 1. The topological polar surface area (TPSA) is 75.1 Å². The number of pyridine rings is 2. The third-order valence-corrected chi connectivity index (χ3v) is 7.89. The highest BCUT2D eigenvalue weighted by Gasteiger charge is 2.41. The first-order valence-electron chi connectivity index (χ1n) is 13.4. The molecule has 1 amide bonds. The van der Waals surface area contributed by atoms with Crippen molar-refractivity contribution in [1.82, 2.24) is 24.8 Å². The smallest absolute Gasteiger partial charge is 0.226 e. The van der Waals surface area contributed by atoms with Crippen LogP contribution in [0.4, 0.5) is 5.69 Å². The number of hydrogen-bond donors (Lipinski definition) is 2. The molecule has 1 saturated heterocycles. The van der Waals surface area contributed by atoms with Gasteiger partial charge in [-0.1, -0.05) is 42.5 Å². The van der Waals surface area contributed by atoms with Crippen LogP contribution in [0.15, 0.2) is 97.5 Å². The van der Waals surface area contributed by atoms with Crippen LogP contribution in [0.25, 0.3) is 16.5 Å². The second-order valence-corrected chi connectivity index (χ2v) is 10.4. The number of fused-ring (bicyclic) bond motifs is 1. The molecule has 5 aromatic rings. The van der Waals surface area contributed by atoms with E-state index in [1.807, 2.05) is 72.9 Å². The Morgan fingerprint density at radius 3 is 2.62 bits per heavy atom. The van der Waals surface area contributed by atoms with Gasteiger partial charge in [-0.2, -0.15) is 0 Å². The van der Waals surface area contributed by atoms with Gasteiger partial charge in [-0.25, -0.2) is 0 Å². The molecule has 3 aromatic heterocycles. The predicted octanol–water partition coefficient (Wildman–Crippen LogP) is 6.04. The number of carbonyl (C=O) groups excluding carboxylic acids is 1. The van der Waals surface area contributed by atoms with Crippen LogP contribution in [0.2, 0.25) is 0 Å². The first kappa shape index (κ1) is 25.7. The summed E-state index contributed by atoms with van der Waals surface area (Å²) in [6, 6.07) is 25.8. The normalized spacial score (nSPS) is 16.8. The van der Waals surface area contributed by atoms with Crippen molar-refractivity contribution >= 4 is 39.7 Å². The van der Waals surface area contributed by atoms with Crippen molar-refractivity contribution in [3.8, 4) is 5.69 Å². The summed E-state index contributed by atoms with van der Waals surface area (Å²) in [5, 5.41) is 9.35. The van der Waals surface area contributed by atoms with E-state index in [-0.39, 0.29) is 24.4 Å². The molecular weight excluding hydrogens is 516 g/mol. The van der Waals surface area contributed by atoms with Crippen molar-refractivity contribution in [3.63, 3.8) is 0 Å². The van der Waals surface area contributed by atoms with Crippen LogP contribution in [-0.4, -0.2) is 37.0 Å². The molecule has 40 heavy (non-hydrogen) atoms. The van der Waals surface area contributed by atoms with E-state index in [0.717, 1.165) is 44.8 Å². The van der Waals surface area contributed by atoms with Crippen molar-refractivity contribution in [1.29, 1.82) is 0 Å². The van der Waals surface area contributed by atoms with Crippen LogP contribution in [-0.2, 0) is 4.79 Å². The number of amides is 1. The summed E-state index contributed by atoms with van der Waals surface area (Å²) >= 11 is 5.85. The van der Waals surface area contributed by atoms with E-state index >= 15 is 0 Å². The van der Waals surface area contributed by atoms with E-state index in [0.29, 0.717) is 11.7 Å². The first-order chi connectivity index (χ1) is 19.5. The van der Waals surface area contributed by atoms with Gasteiger partial charge in [0.1, 0.15) is 0 Å². The highest BCUT2D eigenvalue weighted by molar-refractivity contribution is 7.80. The molecule has 4 heterocycles. The molecule has 0 bridgehead atoms. The minimum atomic E-state index is -0.155. The van der Waals surface area contributed by atoms with Gasteiger partial charge in [0.15, 0.2) is 5.11 Å². The summed E-state index contributed by atoms with van der Waals surface area (Å²) in [5.41, 5.74) is 6.07. The number of nitrogens with one attached hydrogen (secondary N) is 2. The van der Waals surface area contributed by atoms with Gasteiger partial charge in [0.25, 0.3) is 0 Å². The maximum atomic E-state index is 13.2. The zero-order valence-electron chi connectivity index (χ0n) is 22.4. The number of anilines is 1. The molecule has 0 spiro atoms.